The Kier molecular flexibility index (Phi) is 3.51. The minimum absolute atomic E-state index is 0.158. The second-order valence-corrected chi connectivity index (χ2v) is 7.26. The quantitative estimate of drug-likeness (QED) is 0.911. The van der Waals surface area contributed by atoms with Crippen LogP contribution in [-0.2, 0) is 10.0 Å². The van der Waals surface area contributed by atoms with Crippen molar-refractivity contribution in [1.82, 2.24) is 4.98 Å². The summed E-state index contributed by atoms with van der Waals surface area (Å²) in [7, 11) is -3.64. The maximum atomic E-state index is 12.3. The summed E-state index contributed by atoms with van der Waals surface area (Å²) in [5.74, 6) is 0. The van der Waals surface area contributed by atoms with Crippen LogP contribution in [0, 0.1) is 20.8 Å². The molecular formula is C12H15N3O2S2. The van der Waals surface area contributed by atoms with Gasteiger partial charge in [0.1, 0.15) is 0 Å². The lowest BCUT2D eigenvalue weighted by Gasteiger charge is -2.10. The van der Waals surface area contributed by atoms with Gasteiger partial charge in [-0.05, 0) is 38.0 Å². The minimum atomic E-state index is -3.64. The van der Waals surface area contributed by atoms with E-state index in [0.29, 0.717) is 11.4 Å². The van der Waals surface area contributed by atoms with Crippen molar-refractivity contribution in [2.75, 3.05) is 10.5 Å². The second kappa shape index (κ2) is 4.82. The smallest absolute Gasteiger partial charge is 0.273 e. The molecule has 0 unspecified atom stereocenters. The third-order valence-electron chi connectivity index (χ3n) is 2.65. The fraction of sp³-hybridized carbons (Fsp3) is 0.250. The van der Waals surface area contributed by atoms with Crippen molar-refractivity contribution < 1.29 is 8.42 Å². The standard InChI is InChI=1S/C12H15N3O2S2/c1-7-4-5-8(2)10(6-7)15-19(16,17)11-9(3)14-12(13)18-11/h4-6,15H,1-3H3,(H2,13,14). The van der Waals surface area contributed by atoms with E-state index >= 15 is 0 Å². The van der Waals surface area contributed by atoms with Crippen molar-refractivity contribution in [3.63, 3.8) is 0 Å². The number of anilines is 2. The van der Waals surface area contributed by atoms with Crippen LogP contribution in [-0.4, -0.2) is 13.4 Å². The summed E-state index contributed by atoms with van der Waals surface area (Å²) in [5.41, 5.74) is 8.39. The molecule has 5 nitrogen and oxygen atoms in total. The summed E-state index contributed by atoms with van der Waals surface area (Å²) < 4.78 is 27.3. The highest BCUT2D eigenvalue weighted by molar-refractivity contribution is 7.94. The number of nitrogen functional groups attached to an aromatic ring is 1. The molecule has 1 aromatic carbocycles. The Morgan fingerprint density at radius 3 is 2.53 bits per heavy atom. The topological polar surface area (TPSA) is 85.1 Å². The van der Waals surface area contributed by atoms with E-state index in [4.69, 9.17) is 5.73 Å². The van der Waals surface area contributed by atoms with E-state index in [1.165, 1.54) is 0 Å². The highest BCUT2D eigenvalue weighted by Gasteiger charge is 2.21. The summed E-state index contributed by atoms with van der Waals surface area (Å²) in [5, 5.41) is 0.249. The molecule has 0 spiro atoms. The van der Waals surface area contributed by atoms with E-state index < -0.39 is 10.0 Å². The number of benzene rings is 1. The van der Waals surface area contributed by atoms with Gasteiger partial charge in [-0.2, -0.15) is 0 Å². The number of hydrogen-bond acceptors (Lipinski definition) is 5. The number of thiazole rings is 1. The van der Waals surface area contributed by atoms with E-state index in [1.807, 2.05) is 26.0 Å². The number of nitrogens with zero attached hydrogens (tertiary/aromatic N) is 1. The van der Waals surface area contributed by atoms with Crippen molar-refractivity contribution in [2.24, 2.45) is 0 Å². The Bertz CT molecular complexity index is 721. The van der Waals surface area contributed by atoms with E-state index in [-0.39, 0.29) is 9.34 Å². The van der Waals surface area contributed by atoms with E-state index in [0.717, 1.165) is 22.5 Å². The normalized spacial score (nSPS) is 11.5. The molecule has 102 valence electrons. The van der Waals surface area contributed by atoms with Crippen LogP contribution in [0.5, 0.6) is 0 Å². The van der Waals surface area contributed by atoms with E-state index in [2.05, 4.69) is 9.71 Å². The number of aryl methyl sites for hydroxylation is 3. The van der Waals surface area contributed by atoms with Gasteiger partial charge in [0.2, 0.25) is 0 Å². The van der Waals surface area contributed by atoms with E-state index in [1.54, 1.807) is 13.0 Å². The molecule has 3 N–H and O–H groups in total. The van der Waals surface area contributed by atoms with Gasteiger partial charge in [-0.3, -0.25) is 4.72 Å². The molecule has 0 saturated heterocycles. The van der Waals surface area contributed by atoms with Crippen LogP contribution in [0.15, 0.2) is 22.4 Å². The average molecular weight is 297 g/mol. The third kappa shape index (κ3) is 2.87. The molecule has 0 aliphatic rings. The monoisotopic (exact) mass is 297 g/mol. The average Bonchev–Trinajstić information content (AvgIpc) is 2.63. The minimum Gasteiger partial charge on any atom is -0.375 e. The molecule has 0 aliphatic carbocycles. The molecule has 1 aromatic heterocycles. The largest absolute Gasteiger partial charge is 0.375 e. The van der Waals surface area contributed by atoms with Crippen LogP contribution in [0.3, 0.4) is 0 Å². The SMILES string of the molecule is Cc1ccc(C)c(NS(=O)(=O)c2sc(N)nc2C)c1. The Morgan fingerprint density at radius 1 is 1.26 bits per heavy atom. The molecule has 0 fully saturated rings. The van der Waals surface area contributed by atoms with Gasteiger partial charge >= 0.3 is 0 Å². The summed E-state index contributed by atoms with van der Waals surface area (Å²) >= 11 is 0.967. The van der Waals surface area contributed by atoms with Gasteiger partial charge in [0.15, 0.2) is 9.34 Å². The van der Waals surface area contributed by atoms with Gasteiger partial charge in [-0.15, -0.1) is 0 Å². The maximum Gasteiger partial charge on any atom is 0.273 e. The molecule has 0 amide bonds. The highest BCUT2D eigenvalue weighted by atomic mass is 32.2. The van der Waals surface area contributed by atoms with Gasteiger partial charge in [0.25, 0.3) is 10.0 Å². The van der Waals surface area contributed by atoms with Gasteiger partial charge in [-0.25, -0.2) is 13.4 Å². The summed E-state index contributed by atoms with van der Waals surface area (Å²) in [6, 6.07) is 5.61. The molecule has 0 radical (unpaired) electrons. The molecule has 0 bridgehead atoms. The molecular weight excluding hydrogens is 282 g/mol. The maximum absolute atomic E-state index is 12.3. The van der Waals surface area contributed by atoms with Gasteiger partial charge in [0.05, 0.1) is 11.4 Å². The van der Waals surface area contributed by atoms with Crippen molar-refractivity contribution in [1.29, 1.82) is 0 Å². The Labute approximate surface area is 116 Å². The number of rotatable bonds is 3. The summed E-state index contributed by atoms with van der Waals surface area (Å²) in [4.78, 5) is 3.94. The van der Waals surface area contributed by atoms with Gasteiger partial charge < -0.3 is 5.73 Å². The first-order valence-corrected chi connectivity index (χ1v) is 7.92. The van der Waals surface area contributed by atoms with Crippen molar-refractivity contribution in [3.05, 3.63) is 35.0 Å². The first-order chi connectivity index (χ1) is 8.79. The fourth-order valence-electron chi connectivity index (χ4n) is 1.69. The molecule has 0 aliphatic heterocycles. The molecule has 19 heavy (non-hydrogen) atoms. The Hall–Kier alpha value is -1.60. The van der Waals surface area contributed by atoms with Crippen LogP contribution < -0.4 is 10.5 Å². The first-order valence-electron chi connectivity index (χ1n) is 5.62. The van der Waals surface area contributed by atoms with Crippen LogP contribution in [0.4, 0.5) is 10.8 Å². The predicted molar refractivity (Wildman–Crippen MR) is 78.0 cm³/mol. The molecule has 0 atom stereocenters. The van der Waals surface area contributed by atoms with Gasteiger partial charge in [-0.1, -0.05) is 23.5 Å². The number of sulfonamides is 1. The van der Waals surface area contributed by atoms with E-state index in [9.17, 15) is 8.42 Å². The third-order valence-corrected chi connectivity index (χ3v) is 5.61. The molecule has 7 heteroatoms. The summed E-state index contributed by atoms with van der Waals surface area (Å²) in [6.07, 6.45) is 0. The number of nitrogens with two attached hydrogens (primary N) is 1. The van der Waals surface area contributed by atoms with Crippen LogP contribution in [0.1, 0.15) is 16.8 Å². The number of hydrogen-bond donors (Lipinski definition) is 2. The second-order valence-electron chi connectivity index (χ2n) is 4.35. The predicted octanol–water partition coefficient (Wildman–Crippen LogP) is 2.45. The zero-order valence-electron chi connectivity index (χ0n) is 10.9. The zero-order valence-corrected chi connectivity index (χ0v) is 12.5. The van der Waals surface area contributed by atoms with Crippen molar-refractivity contribution in [2.45, 2.75) is 25.0 Å². The summed E-state index contributed by atoms with van der Waals surface area (Å²) in [6.45, 7) is 5.39. The van der Waals surface area contributed by atoms with Crippen LogP contribution >= 0.6 is 11.3 Å². The van der Waals surface area contributed by atoms with Crippen molar-refractivity contribution >= 4 is 32.2 Å². The number of aromatic nitrogens is 1. The molecule has 0 saturated carbocycles. The zero-order chi connectivity index (χ0) is 14.2. The lowest BCUT2D eigenvalue weighted by atomic mass is 10.1. The van der Waals surface area contributed by atoms with Crippen molar-refractivity contribution in [3.8, 4) is 0 Å². The lowest BCUT2D eigenvalue weighted by molar-refractivity contribution is 0.602. The Morgan fingerprint density at radius 2 is 1.95 bits per heavy atom. The Balaban J connectivity index is 2.42. The van der Waals surface area contributed by atoms with Crippen LogP contribution in [0.2, 0.25) is 0 Å². The lowest BCUT2D eigenvalue weighted by Crippen LogP contribution is -2.13. The molecule has 1 heterocycles. The highest BCUT2D eigenvalue weighted by Crippen LogP contribution is 2.28. The fourth-order valence-corrected chi connectivity index (χ4v) is 4.11. The molecule has 2 rings (SSSR count). The van der Waals surface area contributed by atoms with Gasteiger partial charge in [0, 0.05) is 0 Å². The first kappa shape index (κ1) is 13.8. The number of nitrogens with one attached hydrogen (secondary N) is 1. The van der Waals surface area contributed by atoms with Crippen LogP contribution in [0.25, 0.3) is 0 Å². The molecule has 2 aromatic rings.